The molecular weight excluding hydrogens is 388 g/mol. The maximum absolute atomic E-state index is 12.7. The van der Waals surface area contributed by atoms with Gasteiger partial charge in [0.2, 0.25) is 0 Å². The second-order valence-electron chi connectivity index (χ2n) is 7.82. The summed E-state index contributed by atoms with van der Waals surface area (Å²) in [6.45, 7) is 1.71. The molecule has 1 saturated heterocycles. The van der Waals surface area contributed by atoms with Crippen LogP contribution in [0.15, 0.2) is 60.8 Å². The van der Waals surface area contributed by atoms with Crippen molar-refractivity contribution in [2.45, 2.75) is 19.3 Å². The van der Waals surface area contributed by atoms with Gasteiger partial charge < -0.3 is 9.64 Å². The van der Waals surface area contributed by atoms with E-state index in [1.807, 2.05) is 59.6 Å². The Balaban J connectivity index is 1.47. The number of carbonyl (C=O) groups is 1. The van der Waals surface area contributed by atoms with Crippen molar-refractivity contribution in [3.05, 3.63) is 66.4 Å². The fraction of sp³-hybridized carbons (Fsp3) is 0.240. The summed E-state index contributed by atoms with van der Waals surface area (Å²) in [5, 5.41) is 8.38. The SMILES string of the molecule is COc1ccccc1-c1[nH]nc2ncc(-c3ccc(C(=O)N4CCCCC4)cc3)cc12. The Kier molecular flexibility index (Phi) is 5.12. The standard InChI is InChI=1S/C25H24N4O2/c1-31-22-8-4-3-7-20(22)23-21-15-19(16-26-24(21)28-27-23)17-9-11-18(12-10-17)25(30)29-13-5-2-6-14-29/h3-4,7-12,15-16H,2,5-6,13-14H2,1H3,(H,26,27,28). The van der Waals surface area contributed by atoms with E-state index < -0.39 is 0 Å². The summed E-state index contributed by atoms with van der Waals surface area (Å²) < 4.78 is 5.51. The minimum Gasteiger partial charge on any atom is -0.496 e. The maximum Gasteiger partial charge on any atom is 0.253 e. The number of amides is 1. The monoisotopic (exact) mass is 412 g/mol. The van der Waals surface area contributed by atoms with Gasteiger partial charge in [-0.2, -0.15) is 5.10 Å². The number of pyridine rings is 1. The summed E-state index contributed by atoms with van der Waals surface area (Å²) in [6.07, 6.45) is 5.21. The van der Waals surface area contributed by atoms with Crippen LogP contribution in [0, 0.1) is 0 Å². The van der Waals surface area contributed by atoms with Crippen molar-refractivity contribution in [2.75, 3.05) is 20.2 Å². The number of fused-ring (bicyclic) bond motifs is 1. The van der Waals surface area contributed by atoms with Crippen LogP contribution < -0.4 is 4.74 Å². The largest absolute Gasteiger partial charge is 0.496 e. The molecule has 1 amide bonds. The molecule has 6 nitrogen and oxygen atoms in total. The molecule has 31 heavy (non-hydrogen) atoms. The van der Waals surface area contributed by atoms with Crippen molar-refractivity contribution in [1.82, 2.24) is 20.1 Å². The highest BCUT2D eigenvalue weighted by Crippen LogP contribution is 2.34. The zero-order chi connectivity index (χ0) is 21.2. The van der Waals surface area contributed by atoms with Crippen molar-refractivity contribution >= 4 is 16.9 Å². The summed E-state index contributed by atoms with van der Waals surface area (Å²) in [5.41, 5.74) is 5.19. The number of rotatable bonds is 4. The van der Waals surface area contributed by atoms with Crippen molar-refractivity contribution in [1.29, 1.82) is 0 Å². The smallest absolute Gasteiger partial charge is 0.253 e. The number of carbonyl (C=O) groups excluding carboxylic acids is 1. The van der Waals surface area contributed by atoms with Gasteiger partial charge in [0.05, 0.1) is 12.8 Å². The third-order valence-electron chi connectivity index (χ3n) is 5.89. The number of hydrogen-bond acceptors (Lipinski definition) is 4. The lowest BCUT2D eigenvalue weighted by Gasteiger charge is -2.26. The normalized spacial score (nSPS) is 14.0. The number of aromatic amines is 1. The Hall–Kier alpha value is -3.67. The van der Waals surface area contributed by atoms with Gasteiger partial charge in [-0.1, -0.05) is 24.3 Å². The van der Waals surface area contributed by atoms with Gasteiger partial charge >= 0.3 is 0 Å². The molecule has 0 spiro atoms. The molecule has 1 fully saturated rings. The highest BCUT2D eigenvalue weighted by Gasteiger charge is 2.18. The third kappa shape index (κ3) is 3.65. The first-order valence-electron chi connectivity index (χ1n) is 10.6. The van der Waals surface area contributed by atoms with Gasteiger partial charge in [0.15, 0.2) is 5.65 Å². The predicted octanol–water partition coefficient (Wildman–Crippen LogP) is 4.93. The summed E-state index contributed by atoms with van der Waals surface area (Å²) in [4.78, 5) is 19.2. The zero-order valence-electron chi connectivity index (χ0n) is 17.5. The van der Waals surface area contributed by atoms with Crippen molar-refractivity contribution in [2.24, 2.45) is 0 Å². The Morgan fingerprint density at radius 2 is 1.77 bits per heavy atom. The molecule has 2 aromatic carbocycles. The lowest BCUT2D eigenvalue weighted by molar-refractivity contribution is 0.0724. The molecule has 5 rings (SSSR count). The van der Waals surface area contributed by atoms with Crippen LogP contribution in [0.2, 0.25) is 0 Å². The minimum absolute atomic E-state index is 0.119. The van der Waals surface area contributed by atoms with E-state index in [1.54, 1.807) is 7.11 Å². The number of hydrogen-bond donors (Lipinski definition) is 1. The van der Waals surface area contributed by atoms with Crippen LogP contribution >= 0.6 is 0 Å². The van der Waals surface area contributed by atoms with Crippen LogP contribution in [0.3, 0.4) is 0 Å². The molecule has 2 aromatic heterocycles. The van der Waals surface area contributed by atoms with E-state index in [2.05, 4.69) is 21.2 Å². The van der Waals surface area contributed by atoms with E-state index in [9.17, 15) is 4.79 Å². The Labute approximate surface area is 180 Å². The molecule has 1 N–H and O–H groups in total. The van der Waals surface area contributed by atoms with E-state index in [0.29, 0.717) is 5.65 Å². The molecule has 0 saturated carbocycles. The van der Waals surface area contributed by atoms with Crippen LogP contribution in [-0.2, 0) is 0 Å². The van der Waals surface area contributed by atoms with Gasteiger partial charge in [0.1, 0.15) is 5.75 Å². The number of nitrogens with one attached hydrogen (secondary N) is 1. The number of nitrogens with zero attached hydrogens (tertiary/aromatic N) is 3. The van der Waals surface area contributed by atoms with Crippen LogP contribution in [0.5, 0.6) is 5.75 Å². The topological polar surface area (TPSA) is 71.1 Å². The van der Waals surface area contributed by atoms with Crippen molar-refractivity contribution in [3.8, 4) is 28.1 Å². The summed E-state index contributed by atoms with van der Waals surface area (Å²) >= 11 is 0. The average Bonchev–Trinajstić information content (AvgIpc) is 3.27. The number of methoxy groups -OCH3 is 1. The van der Waals surface area contributed by atoms with Gasteiger partial charge in [-0.05, 0) is 55.2 Å². The number of piperidine rings is 1. The first-order chi connectivity index (χ1) is 15.2. The number of aromatic nitrogens is 3. The number of likely N-dealkylation sites (tertiary alicyclic amines) is 1. The van der Waals surface area contributed by atoms with Crippen molar-refractivity contribution in [3.63, 3.8) is 0 Å². The van der Waals surface area contributed by atoms with Gasteiger partial charge in [-0.25, -0.2) is 4.98 Å². The van der Waals surface area contributed by atoms with Crippen molar-refractivity contribution < 1.29 is 9.53 Å². The molecule has 0 atom stereocenters. The minimum atomic E-state index is 0.119. The fourth-order valence-electron chi connectivity index (χ4n) is 4.20. The summed E-state index contributed by atoms with van der Waals surface area (Å²) in [5.74, 6) is 0.896. The third-order valence-corrected chi connectivity index (χ3v) is 5.89. The lowest BCUT2D eigenvalue weighted by Crippen LogP contribution is -2.35. The molecule has 1 aliphatic rings. The van der Waals surface area contributed by atoms with Gasteiger partial charge in [-0.3, -0.25) is 9.89 Å². The maximum atomic E-state index is 12.7. The van der Waals surface area contributed by atoms with E-state index in [1.165, 1.54) is 6.42 Å². The number of para-hydroxylation sites is 1. The van der Waals surface area contributed by atoms with Gasteiger partial charge in [-0.15, -0.1) is 0 Å². The second-order valence-corrected chi connectivity index (χ2v) is 7.82. The fourth-order valence-corrected chi connectivity index (χ4v) is 4.20. The first-order valence-corrected chi connectivity index (χ1v) is 10.6. The van der Waals surface area contributed by atoms with E-state index in [0.717, 1.165) is 65.0 Å². The molecule has 6 heteroatoms. The summed E-state index contributed by atoms with van der Waals surface area (Å²) in [7, 11) is 1.66. The van der Waals surface area contributed by atoms with Gasteiger partial charge in [0.25, 0.3) is 5.91 Å². The Morgan fingerprint density at radius 3 is 2.55 bits per heavy atom. The van der Waals surface area contributed by atoms with Crippen LogP contribution in [0.25, 0.3) is 33.4 Å². The molecule has 156 valence electrons. The van der Waals surface area contributed by atoms with Crippen LogP contribution in [0.4, 0.5) is 0 Å². The van der Waals surface area contributed by atoms with Crippen LogP contribution in [0.1, 0.15) is 29.6 Å². The first kappa shape index (κ1) is 19.3. The van der Waals surface area contributed by atoms with Gasteiger partial charge in [0, 0.05) is 41.4 Å². The highest BCUT2D eigenvalue weighted by molar-refractivity contribution is 5.96. The number of ether oxygens (including phenoxy) is 1. The molecule has 3 heterocycles. The van der Waals surface area contributed by atoms with Crippen LogP contribution in [-0.4, -0.2) is 46.2 Å². The molecule has 0 radical (unpaired) electrons. The van der Waals surface area contributed by atoms with E-state index in [4.69, 9.17) is 4.74 Å². The molecule has 0 aliphatic carbocycles. The zero-order valence-corrected chi connectivity index (χ0v) is 17.5. The average molecular weight is 412 g/mol. The Bertz CT molecular complexity index is 1220. The Morgan fingerprint density at radius 1 is 1.00 bits per heavy atom. The highest BCUT2D eigenvalue weighted by atomic mass is 16.5. The molecule has 0 bridgehead atoms. The summed E-state index contributed by atoms with van der Waals surface area (Å²) in [6, 6.07) is 17.7. The molecule has 4 aromatic rings. The number of H-pyrrole nitrogens is 1. The predicted molar refractivity (Wildman–Crippen MR) is 121 cm³/mol. The molecule has 1 aliphatic heterocycles. The number of benzene rings is 2. The van der Waals surface area contributed by atoms with E-state index >= 15 is 0 Å². The lowest BCUT2D eigenvalue weighted by atomic mass is 10.0. The molecule has 0 unspecified atom stereocenters. The van der Waals surface area contributed by atoms with E-state index in [-0.39, 0.29) is 5.91 Å². The quantitative estimate of drug-likeness (QED) is 0.516. The second kappa shape index (κ2) is 8.22. The molecular formula is C25H24N4O2.